The first-order valence-electron chi connectivity index (χ1n) is 14.8. The van der Waals surface area contributed by atoms with E-state index in [9.17, 15) is 4.39 Å². The van der Waals surface area contributed by atoms with E-state index in [-0.39, 0.29) is 31.8 Å². The molecule has 3 aromatic heterocycles. The number of nitrogens with zero attached hydrogens (tertiary/aromatic N) is 2. The fourth-order valence-corrected chi connectivity index (χ4v) is 6.36. The molecule has 3 nitrogen and oxygen atoms in total. The Bertz CT molecular complexity index is 2020. The van der Waals surface area contributed by atoms with E-state index < -0.39 is 8.07 Å². The van der Waals surface area contributed by atoms with Gasteiger partial charge in [-0.15, -0.1) is 59.7 Å². The van der Waals surface area contributed by atoms with Gasteiger partial charge in [0.2, 0.25) is 0 Å². The summed E-state index contributed by atoms with van der Waals surface area (Å²) in [5.41, 5.74) is 7.43. The van der Waals surface area contributed by atoms with Gasteiger partial charge in [0.1, 0.15) is 11.4 Å². The average molecular weight is 785 g/mol. The monoisotopic (exact) mass is 785 g/mol. The van der Waals surface area contributed by atoms with Crippen molar-refractivity contribution < 1.29 is 28.9 Å². The second kappa shape index (κ2) is 13.8. The third-order valence-electron chi connectivity index (χ3n) is 7.84. The summed E-state index contributed by atoms with van der Waals surface area (Å²) in [6.07, 6.45) is 3.49. The SMILES string of the molecule is CC(c1ccccc1)c1cccc2oc3c[c-]c(-c4cc(F)ccn4)cc3c12.C[Si](C)(C)c1ccc(-c2[c-]cccc2)nc1.[Ir]. The molecule has 3 heterocycles. The topological polar surface area (TPSA) is 38.9 Å². The van der Waals surface area contributed by atoms with Gasteiger partial charge in [-0.2, -0.15) is 0 Å². The quantitative estimate of drug-likeness (QED) is 0.129. The predicted molar refractivity (Wildman–Crippen MR) is 181 cm³/mol. The molecule has 6 heteroatoms. The van der Waals surface area contributed by atoms with Gasteiger partial charge in [-0.25, -0.2) is 4.39 Å². The van der Waals surface area contributed by atoms with E-state index in [1.165, 1.54) is 34.6 Å². The third-order valence-corrected chi connectivity index (χ3v) is 9.87. The first-order valence-corrected chi connectivity index (χ1v) is 18.3. The fraction of sp³-hybridized carbons (Fsp3) is 0.128. The zero-order valence-corrected chi connectivity index (χ0v) is 29.0. The van der Waals surface area contributed by atoms with Crippen molar-refractivity contribution in [1.82, 2.24) is 9.97 Å². The molecule has 0 spiro atoms. The fourth-order valence-electron chi connectivity index (χ4n) is 5.33. The molecule has 45 heavy (non-hydrogen) atoms. The Morgan fingerprint density at radius 1 is 0.756 bits per heavy atom. The molecule has 0 saturated heterocycles. The minimum Gasteiger partial charge on any atom is -0.500 e. The van der Waals surface area contributed by atoms with Gasteiger partial charge in [0.15, 0.2) is 0 Å². The molecule has 0 saturated carbocycles. The van der Waals surface area contributed by atoms with Gasteiger partial charge in [-0.3, -0.25) is 0 Å². The van der Waals surface area contributed by atoms with Gasteiger partial charge in [-0.05, 0) is 45.9 Å². The van der Waals surface area contributed by atoms with Crippen molar-refractivity contribution in [2.24, 2.45) is 0 Å². The summed E-state index contributed by atoms with van der Waals surface area (Å²) in [4.78, 5) is 8.80. The molecular formula is C39H33FIrN2OSi-2. The molecule has 0 fully saturated rings. The van der Waals surface area contributed by atoms with Crippen molar-refractivity contribution in [1.29, 1.82) is 0 Å². The summed E-state index contributed by atoms with van der Waals surface area (Å²) in [5, 5.41) is 3.47. The zero-order valence-electron chi connectivity index (χ0n) is 25.6. The average Bonchev–Trinajstić information content (AvgIpc) is 3.43. The summed E-state index contributed by atoms with van der Waals surface area (Å²) in [6.45, 7) is 9.20. The van der Waals surface area contributed by atoms with E-state index in [4.69, 9.17) is 4.42 Å². The van der Waals surface area contributed by atoms with Crippen LogP contribution in [0.25, 0.3) is 44.5 Å². The van der Waals surface area contributed by atoms with Crippen molar-refractivity contribution in [3.63, 3.8) is 0 Å². The van der Waals surface area contributed by atoms with E-state index >= 15 is 0 Å². The number of pyridine rings is 2. The molecule has 1 unspecified atom stereocenters. The molecule has 0 N–H and O–H groups in total. The molecule has 7 rings (SSSR count). The maximum atomic E-state index is 13.6. The van der Waals surface area contributed by atoms with Crippen LogP contribution in [0, 0.1) is 17.9 Å². The van der Waals surface area contributed by atoms with Crippen LogP contribution in [0.2, 0.25) is 19.6 Å². The number of fused-ring (bicyclic) bond motifs is 3. The van der Waals surface area contributed by atoms with Crippen LogP contribution < -0.4 is 5.19 Å². The third kappa shape index (κ3) is 7.20. The Hall–Kier alpha value is -4.22. The molecule has 1 atom stereocenters. The molecular weight excluding hydrogens is 752 g/mol. The molecule has 0 aliphatic heterocycles. The van der Waals surface area contributed by atoms with Gasteiger partial charge >= 0.3 is 0 Å². The predicted octanol–water partition coefficient (Wildman–Crippen LogP) is 9.83. The smallest absolute Gasteiger partial charge is 0.121 e. The van der Waals surface area contributed by atoms with E-state index in [2.05, 4.69) is 91.1 Å². The van der Waals surface area contributed by atoms with Gasteiger partial charge in [0.05, 0.1) is 13.7 Å². The van der Waals surface area contributed by atoms with Crippen LogP contribution in [-0.4, -0.2) is 18.0 Å². The van der Waals surface area contributed by atoms with Crippen molar-refractivity contribution in [2.75, 3.05) is 0 Å². The molecule has 7 aromatic rings. The summed E-state index contributed by atoms with van der Waals surface area (Å²) in [6, 6.07) is 41.8. The van der Waals surface area contributed by atoms with Crippen LogP contribution >= 0.6 is 0 Å². The maximum absolute atomic E-state index is 13.6. The number of hydrogen-bond acceptors (Lipinski definition) is 3. The van der Waals surface area contributed by atoms with Gasteiger partial charge in [0, 0.05) is 43.8 Å². The minimum atomic E-state index is -1.23. The normalized spacial score (nSPS) is 11.8. The van der Waals surface area contributed by atoms with Gasteiger partial charge in [0.25, 0.3) is 0 Å². The van der Waals surface area contributed by atoms with Crippen LogP contribution in [0.15, 0.2) is 126 Å². The Morgan fingerprint density at radius 2 is 1.56 bits per heavy atom. The van der Waals surface area contributed by atoms with Crippen molar-refractivity contribution >= 4 is 35.2 Å². The van der Waals surface area contributed by atoms with E-state index in [1.807, 2.05) is 60.8 Å². The van der Waals surface area contributed by atoms with E-state index in [1.54, 1.807) is 0 Å². The van der Waals surface area contributed by atoms with Crippen LogP contribution in [0.1, 0.15) is 24.0 Å². The van der Waals surface area contributed by atoms with Crippen LogP contribution in [0.4, 0.5) is 4.39 Å². The molecule has 0 bridgehead atoms. The van der Waals surface area contributed by atoms with Crippen LogP contribution in [-0.2, 0) is 20.1 Å². The van der Waals surface area contributed by atoms with Crippen molar-refractivity contribution in [3.8, 4) is 22.5 Å². The summed E-state index contributed by atoms with van der Waals surface area (Å²) >= 11 is 0. The Balaban J connectivity index is 0.000000202. The second-order valence-electron chi connectivity index (χ2n) is 11.9. The maximum Gasteiger partial charge on any atom is 0.121 e. The van der Waals surface area contributed by atoms with Crippen LogP contribution in [0.5, 0.6) is 0 Å². The second-order valence-corrected chi connectivity index (χ2v) is 17.0. The molecule has 4 aromatic carbocycles. The van der Waals surface area contributed by atoms with Crippen molar-refractivity contribution in [3.05, 3.63) is 151 Å². The minimum absolute atomic E-state index is 0. The number of aromatic nitrogens is 2. The number of furan rings is 1. The van der Waals surface area contributed by atoms with Crippen molar-refractivity contribution in [2.45, 2.75) is 32.5 Å². The van der Waals surface area contributed by atoms with Gasteiger partial charge in [-0.1, -0.05) is 86.5 Å². The Kier molecular flexibility index (Phi) is 9.88. The largest absolute Gasteiger partial charge is 0.500 e. The number of halogens is 1. The zero-order chi connectivity index (χ0) is 30.7. The Labute approximate surface area is 278 Å². The Morgan fingerprint density at radius 3 is 2.24 bits per heavy atom. The molecule has 0 amide bonds. The molecule has 1 radical (unpaired) electrons. The standard InChI is InChI=1S/C25H17FNO.C14H16NSi.Ir/c1-16(17-6-3-2-4-7-17)20-8-5-9-24-25(20)21-14-18(10-11-23(21)28-24)22-15-19(26)12-13-27-22;1-16(2,3)13-9-10-14(15-11-13)12-7-5-4-6-8-12;/h2-9,11-16H,1H3;4-7,9-11H,1-3H3;/q2*-1;. The number of benzene rings is 4. The summed E-state index contributed by atoms with van der Waals surface area (Å²) in [7, 11) is -1.23. The van der Waals surface area contributed by atoms with Crippen LogP contribution in [0.3, 0.4) is 0 Å². The number of rotatable bonds is 5. The van der Waals surface area contributed by atoms with E-state index in [0.717, 1.165) is 38.8 Å². The van der Waals surface area contributed by atoms with E-state index in [0.29, 0.717) is 5.69 Å². The summed E-state index contributed by atoms with van der Waals surface area (Å²) in [5.74, 6) is -0.0976. The molecule has 227 valence electrons. The summed E-state index contributed by atoms with van der Waals surface area (Å²) < 4.78 is 19.7. The molecule has 0 aliphatic rings. The first-order chi connectivity index (χ1) is 21.3. The number of hydrogen-bond donors (Lipinski definition) is 0. The van der Waals surface area contributed by atoms with Gasteiger partial charge < -0.3 is 14.4 Å². The first kappa shape index (κ1) is 32.2. The molecule has 0 aliphatic carbocycles.